The van der Waals surface area contributed by atoms with E-state index in [4.69, 9.17) is 0 Å². The number of nitrogens with zero attached hydrogens (tertiary/aromatic N) is 1. The molecular formula is C15H22N2O4. The highest BCUT2D eigenvalue weighted by atomic mass is 16.4. The molecule has 0 radical (unpaired) electrons. The van der Waals surface area contributed by atoms with Crippen molar-refractivity contribution in [3.63, 3.8) is 0 Å². The Kier molecular flexibility index (Phi) is 5.29. The Labute approximate surface area is 123 Å². The maximum atomic E-state index is 12.4. The molecule has 6 heteroatoms. The fraction of sp³-hybridized carbons (Fsp3) is 0.533. The van der Waals surface area contributed by atoms with Gasteiger partial charge in [0.1, 0.15) is 11.6 Å². The summed E-state index contributed by atoms with van der Waals surface area (Å²) in [6.07, 6.45) is 1.85. The molecule has 0 saturated heterocycles. The Hall–Kier alpha value is -2.11. The first-order valence-corrected chi connectivity index (χ1v) is 6.88. The SMILES string of the molecule is CC(C)CC(NC(=O)C(C)(C)n1ccccc1=O)C(=O)O. The summed E-state index contributed by atoms with van der Waals surface area (Å²) in [7, 11) is 0. The monoisotopic (exact) mass is 294 g/mol. The van der Waals surface area contributed by atoms with Crippen LogP contribution in [0.1, 0.15) is 34.1 Å². The number of pyridine rings is 1. The summed E-state index contributed by atoms with van der Waals surface area (Å²) in [5, 5.41) is 11.7. The number of aromatic nitrogens is 1. The van der Waals surface area contributed by atoms with Crippen LogP contribution in [0.25, 0.3) is 0 Å². The summed E-state index contributed by atoms with van der Waals surface area (Å²) in [6.45, 7) is 6.93. The second kappa shape index (κ2) is 6.56. The third-order valence-corrected chi connectivity index (χ3v) is 3.29. The summed E-state index contributed by atoms with van der Waals surface area (Å²) in [4.78, 5) is 35.4. The second-order valence-electron chi connectivity index (χ2n) is 5.96. The van der Waals surface area contributed by atoms with E-state index < -0.39 is 23.5 Å². The number of carboxylic acids is 1. The third kappa shape index (κ3) is 4.18. The average Bonchev–Trinajstić information content (AvgIpc) is 2.37. The van der Waals surface area contributed by atoms with Crippen molar-refractivity contribution in [3.8, 4) is 0 Å². The standard InChI is InChI=1S/C15H22N2O4/c1-10(2)9-11(13(19)20)16-14(21)15(3,4)17-8-6-5-7-12(17)18/h5-8,10-11H,9H2,1-4H3,(H,16,21)(H,19,20). The molecule has 0 aliphatic rings. The summed E-state index contributed by atoms with van der Waals surface area (Å²) in [5.41, 5.74) is -1.48. The fourth-order valence-corrected chi connectivity index (χ4v) is 2.03. The zero-order valence-corrected chi connectivity index (χ0v) is 12.8. The number of nitrogens with one attached hydrogen (secondary N) is 1. The Bertz CT molecular complexity index is 575. The molecule has 1 aromatic heterocycles. The van der Waals surface area contributed by atoms with E-state index in [-0.39, 0.29) is 11.5 Å². The molecule has 0 aliphatic carbocycles. The van der Waals surface area contributed by atoms with Gasteiger partial charge in [-0.3, -0.25) is 9.59 Å². The maximum absolute atomic E-state index is 12.4. The summed E-state index contributed by atoms with van der Waals surface area (Å²) < 4.78 is 1.29. The largest absolute Gasteiger partial charge is 0.480 e. The van der Waals surface area contributed by atoms with Crippen LogP contribution in [0.4, 0.5) is 0 Å². The molecule has 6 nitrogen and oxygen atoms in total. The summed E-state index contributed by atoms with van der Waals surface area (Å²) >= 11 is 0. The first-order chi connectivity index (χ1) is 9.66. The van der Waals surface area contributed by atoms with Gasteiger partial charge in [0.2, 0.25) is 5.91 Å². The smallest absolute Gasteiger partial charge is 0.326 e. The molecule has 1 aromatic rings. The minimum absolute atomic E-state index is 0.133. The number of rotatable bonds is 6. The highest BCUT2D eigenvalue weighted by Crippen LogP contribution is 2.14. The molecule has 0 bridgehead atoms. The van der Waals surface area contributed by atoms with Crippen LogP contribution < -0.4 is 10.9 Å². The van der Waals surface area contributed by atoms with Crippen molar-refractivity contribution in [2.45, 2.75) is 45.7 Å². The molecule has 21 heavy (non-hydrogen) atoms. The van der Waals surface area contributed by atoms with Crippen LogP contribution in [0.15, 0.2) is 29.2 Å². The van der Waals surface area contributed by atoms with Gasteiger partial charge in [-0.1, -0.05) is 19.9 Å². The zero-order chi connectivity index (χ0) is 16.2. The van der Waals surface area contributed by atoms with Crippen molar-refractivity contribution >= 4 is 11.9 Å². The lowest BCUT2D eigenvalue weighted by molar-refractivity contribution is -0.143. The van der Waals surface area contributed by atoms with Gasteiger partial charge < -0.3 is 15.0 Å². The van der Waals surface area contributed by atoms with Crippen molar-refractivity contribution in [2.75, 3.05) is 0 Å². The van der Waals surface area contributed by atoms with Crippen molar-refractivity contribution < 1.29 is 14.7 Å². The topological polar surface area (TPSA) is 88.4 Å². The molecule has 0 aliphatic heterocycles. The lowest BCUT2D eigenvalue weighted by atomic mass is 10.00. The van der Waals surface area contributed by atoms with Crippen molar-refractivity contribution in [1.29, 1.82) is 0 Å². The first kappa shape index (κ1) is 16.9. The number of carbonyl (C=O) groups is 2. The number of aliphatic carboxylic acids is 1. The van der Waals surface area contributed by atoms with Crippen molar-refractivity contribution in [3.05, 3.63) is 34.7 Å². The lowest BCUT2D eigenvalue weighted by Gasteiger charge is -2.28. The maximum Gasteiger partial charge on any atom is 0.326 e. The molecule has 0 aromatic carbocycles. The minimum Gasteiger partial charge on any atom is -0.480 e. The lowest BCUT2D eigenvalue weighted by Crippen LogP contribution is -2.53. The third-order valence-electron chi connectivity index (χ3n) is 3.29. The molecule has 1 rings (SSSR count). The van der Waals surface area contributed by atoms with E-state index in [2.05, 4.69) is 5.32 Å². The number of amides is 1. The van der Waals surface area contributed by atoms with E-state index >= 15 is 0 Å². The average molecular weight is 294 g/mol. The predicted molar refractivity (Wildman–Crippen MR) is 79.0 cm³/mol. The van der Waals surface area contributed by atoms with Gasteiger partial charge in [0.05, 0.1) is 0 Å². The number of hydrogen-bond donors (Lipinski definition) is 2. The van der Waals surface area contributed by atoms with Gasteiger partial charge in [-0.15, -0.1) is 0 Å². The Balaban J connectivity index is 2.98. The molecule has 0 saturated carbocycles. The fourth-order valence-electron chi connectivity index (χ4n) is 2.03. The first-order valence-electron chi connectivity index (χ1n) is 6.88. The molecule has 0 spiro atoms. The molecule has 2 N–H and O–H groups in total. The van der Waals surface area contributed by atoms with Gasteiger partial charge in [-0.2, -0.15) is 0 Å². The highest BCUT2D eigenvalue weighted by molar-refractivity contribution is 5.88. The predicted octanol–water partition coefficient (Wildman–Crippen LogP) is 1.20. The van der Waals surface area contributed by atoms with Crippen LogP contribution in [-0.4, -0.2) is 27.6 Å². The van der Waals surface area contributed by atoms with Gasteiger partial charge in [0.15, 0.2) is 0 Å². The van der Waals surface area contributed by atoms with E-state index in [1.54, 1.807) is 26.0 Å². The highest BCUT2D eigenvalue weighted by Gasteiger charge is 2.33. The Morgan fingerprint density at radius 1 is 1.33 bits per heavy atom. The Morgan fingerprint density at radius 3 is 2.43 bits per heavy atom. The number of hydrogen-bond acceptors (Lipinski definition) is 3. The van der Waals surface area contributed by atoms with Crippen LogP contribution in [-0.2, 0) is 15.1 Å². The summed E-state index contributed by atoms with van der Waals surface area (Å²) in [6, 6.07) is 3.64. The van der Waals surface area contributed by atoms with E-state index in [1.165, 1.54) is 16.8 Å². The number of carboxylic acid groups (broad SMARTS) is 1. The van der Waals surface area contributed by atoms with Crippen LogP contribution in [0, 0.1) is 5.92 Å². The molecule has 1 heterocycles. The van der Waals surface area contributed by atoms with Crippen LogP contribution in [0.3, 0.4) is 0 Å². The molecule has 1 unspecified atom stereocenters. The van der Waals surface area contributed by atoms with Gasteiger partial charge in [0.25, 0.3) is 5.56 Å². The molecule has 1 amide bonds. The van der Waals surface area contributed by atoms with Crippen LogP contribution in [0.2, 0.25) is 0 Å². The van der Waals surface area contributed by atoms with E-state index in [9.17, 15) is 19.5 Å². The normalized spacial score (nSPS) is 13.0. The quantitative estimate of drug-likeness (QED) is 0.825. The van der Waals surface area contributed by atoms with E-state index in [0.717, 1.165) is 0 Å². The molecular weight excluding hydrogens is 272 g/mol. The molecule has 116 valence electrons. The van der Waals surface area contributed by atoms with Gasteiger partial charge in [0, 0.05) is 12.3 Å². The van der Waals surface area contributed by atoms with Crippen molar-refractivity contribution in [2.24, 2.45) is 5.92 Å². The van der Waals surface area contributed by atoms with Crippen molar-refractivity contribution in [1.82, 2.24) is 9.88 Å². The van der Waals surface area contributed by atoms with E-state index in [1.807, 2.05) is 13.8 Å². The summed E-state index contributed by atoms with van der Waals surface area (Å²) in [5.74, 6) is -1.44. The second-order valence-corrected chi connectivity index (χ2v) is 5.96. The van der Waals surface area contributed by atoms with Crippen LogP contribution >= 0.6 is 0 Å². The Morgan fingerprint density at radius 2 is 1.95 bits per heavy atom. The van der Waals surface area contributed by atoms with Crippen LogP contribution in [0.5, 0.6) is 0 Å². The number of carbonyl (C=O) groups excluding carboxylic acids is 1. The molecule has 0 fully saturated rings. The van der Waals surface area contributed by atoms with Gasteiger partial charge >= 0.3 is 5.97 Å². The van der Waals surface area contributed by atoms with Gasteiger partial charge in [-0.25, -0.2) is 4.79 Å². The van der Waals surface area contributed by atoms with E-state index in [0.29, 0.717) is 6.42 Å². The molecule has 1 atom stereocenters. The minimum atomic E-state index is -1.16. The van der Waals surface area contributed by atoms with Gasteiger partial charge in [-0.05, 0) is 32.3 Å². The zero-order valence-electron chi connectivity index (χ0n) is 12.8.